The first-order chi connectivity index (χ1) is 5.84. The molecular weight excluding hydrogens is 186 g/mol. The molecular formula is C9H17NS2. The first-order valence-electron chi connectivity index (χ1n) is 4.76. The average Bonchev–Trinajstić information content (AvgIpc) is 2.09. The summed E-state index contributed by atoms with van der Waals surface area (Å²) in [5, 5.41) is 0. The highest BCUT2D eigenvalue weighted by atomic mass is 32.2. The van der Waals surface area contributed by atoms with Crippen LogP contribution in [0.25, 0.3) is 0 Å². The number of hydrogen-bond acceptors (Lipinski definition) is 2. The van der Waals surface area contributed by atoms with E-state index in [-0.39, 0.29) is 0 Å². The molecule has 1 saturated heterocycles. The van der Waals surface area contributed by atoms with E-state index in [9.17, 15) is 0 Å². The summed E-state index contributed by atoms with van der Waals surface area (Å²) in [6.45, 7) is 4.61. The van der Waals surface area contributed by atoms with Crippen molar-refractivity contribution in [3.8, 4) is 0 Å². The fourth-order valence-corrected chi connectivity index (χ4v) is 2.60. The molecule has 0 unspecified atom stereocenters. The van der Waals surface area contributed by atoms with Gasteiger partial charge in [-0.2, -0.15) is 0 Å². The second-order valence-electron chi connectivity index (χ2n) is 3.16. The summed E-state index contributed by atoms with van der Waals surface area (Å²) in [5.74, 6) is 1.23. The summed E-state index contributed by atoms with van der Waals surface area (Å²) in [6, 6.07) is 0. The van der Waals surface area contributed by atoms with E-state index in [1.54, 1.807) is 0 Å². The monoisotopic (exact) mass is 203 g/mol. The van der Waals surface area contributed by atoms with Crippen LogP contribution in [0.3, 0.4) is 0 Å². The fourth-order valence-electron chi connectivity index (χ4n) is 1.35. The minimum atomic E-state index is 1.12. The quantitative estimate of drug-likeness (QED) is 0.511. The number of thioether (sulfide) groups is 1. The lowest BCUT2D eigenvalue weighted by molar-refractivity contribution is 0.412. The Bertz CT molecular complexity index is 147. The Morgan fingerprint density at radius 1 is 1.50 bits per heavy atom. The molecule has 0 bridgehead atoms. The molecule has 0 aliphatic carbocycles. The summed E-state index contributed by atoms with van der Waals surface area (Å²) in [6.07, 6.45) is 5.24. The van der Waals surface area contributed by atoms with Crippen LogP contribution in [-0.4, -0.2) is 28.1 Å². The largest absolute Gasteiger partial charge is 0.357 e. The Balaban J connectivity index is 2.16. The first-order valence-corrected chi connectivity index (χ1v) is 6.15. The smallest absolute Gasteiger partial charge is 0.136 e. The van der Waals surface area contributed by atoms with Crippen molar-refractivity contribution >= 4 is 28.3 Å². The molecule has 1 aliphatic rings. The zero-order valence-corrected chi connectivity index (χ0v) is 9.35. The SMILES string of the molecule is CCCCCN1CCCSC1=S. The van der Waals surface area contributed by atoms with Gasteiger partial charge in [-0.3, -0.25) is 0 Å². The molecule has 0 aromatic carbocycles. The molecule has 0 N–H and O–H groups in total. The van der Waals surface area contributed by atoms with Crippen LogP contribution in [0.15, 0.2) is 0 Å². The van der Waals surface area contributed by atoms with Crippen LogP contribution >= 0.6 is 24.0 Å². The Kier molecular flexibility index (Phi) is 5.00. The molecule has 0 atom stereocenters. The Hall–Kier alpha value is 0.240. The predicted octanol–water partition coefficient (Wildman–Crippen LogP) is 2.90. The second kappa shape index (κ2) is 5.81. The van der Waals surface area contributed by atoms with E-state index in [2.05, 4.69) is 11.8 Å². The maximum absolute atomic E-state index is 5.27. The highest BCUT2D eigenvalue weighted by Gasteiger charge is 2.13. The van der Waals surface area contributed by atoms with Crippen LogP contribution < -0.4 is 0 Å². The zero-order chi connectivity index (χ0) is 8.81. The Labute approximate surface area is 84.9 Å². The molecule has 0 aromatic heterocycles. The van der Waals surface area contributed by atoms with Gasteiger partial charge in [-0.15, -0.1) is 0 Å². The molecule has 12 heavy (non-hydrogen) atoms. The number of nitrogens with zero attached hydrogens (tertiary/aromatic N) is 1. The van der Waals surface area contributed by atoms with Crippen molar-refractivity contribution < 1.29 is 0 Å². The maximum Gasteiger partial charge on any atom is 0.136 e. The summed E-state index contributed by atoms with van der Waals surface area (Å²) in [7, 11) is 0. The Morgan fingerprint density at radius 2 is 2.33 bits per heavy atom. The van der Waals surface area contributed by atoms with E-state index in [0.29, 0.717) is 0 Å². The third-order valence-corrected chi connectivity index (χ3v) is 3.70. The van der Waals surface area contributed by atoms with E-state index in [4.69, 9.17) is 12.2 Å². The predicted molar refractivity (Wildman–Crippen MR) is 60.8 cm³/mol. The van der Waals surface area contributed by atoms with E-state index in [1.807, 2.05) is 11.8 Å². The molecule has 0 aromatic rings. The summed E-state index contributed by atoms with van der Waals surface area (Å²) < 4.78 is 1.12. The third kappa shape index (κ3) is 3.31. The molecule has 1 fully saturated rings. The van der Waals surface area contributed by atoms with Crippen LogP contribution in [0.5, 0.6) is 0 Å². The van der Waals surface area contributed by atoms with Gasteiger partial charge in [0.1, 0.15) is 4.32 Å². The lowest BCUT2D eigenvalue weighted by Crippen LogP contribution is -2.33. The number of rotatable bonds is 4. The van der Waals surface area contributed by atoms with Crippen molar-refractivity contribution in [3.63, 3.8) is 0 Å². The van der Waals surface area contributed by atoms with E-state index >= 15 is 0 Å². The van der Waals surface area contributed by atoms with E-state index < -0.39 is 0 Å². The highest BCUT2D eigenvalue weighted by molar-refractivity contribution is 8.22. The van der Waals surface area contributed by atoms with Crippen molar-refractivity contribution in [2.45, 2.75) is 32.6 Å². The summed E-state index contributed by atoms with van der Waals surface area (Å²) >= 11 is 7.11. The van der Waals surface area contributed by atoms with E-state index in [1.165, 1.54) is 44.5 Å². The van der Waals surface area contributed by atoms with Gasteiger partial charge < -0.3 is 4.90 Å². The zero-order valence-electron chi connectivity index (χ0n) is 7.71. The van der Waals surface area contributed by atoms with Crippen LogP contribution in [0.1, 0.15) is 32.6 Å². The average molecular weight is 203 g/mol. The summed E-state index contributed by atoms with van der Waals surface area (Å²) in [5.41, 5.74) is 0. The van der Waals surface area contributed by atoms with E-state index in [0.717, 1.165) is 4.32 Å². The van der Waals surface area contributed by atoms with Gasteiger partial charge in [-0.25, -0.2) is 0 Å². The van der Waals surface area contributed by atoms with Crippen LogP contribution in [-0.2, 0) is 0 Å². The molecule has 0 saturated carbocycles. The minimum Gasteiger partial charge on any atom is -0.357 e. The number of unbranched alkanes of at least 4 members (excludes halogenated alkanes) is 2. The topological polar surface area (TPSA) is 3.24 Å². The standard InChI is InChI=1S/C9H17NS2/c1-2-3-4-6-10-7-5-8-12-9(10)11/h2-8H2,1H3. The molecule has 0 spiro atoms. The highest BCUT2D eigenvalue weighted by Crippen LogP contribution is 2.17. The van der Waals surface area contributed by atoms with Crippen molar-refractivity contribution in [1.29, 1.82) is 0 Å². The number of thiocarbonyl (C=S) groups is 1. The van der Waals surface area contributed by atoms with Crippen molar-refractivity contribution in [2.75, 3.05) is 18.8 Å². The molecule has 1 nitrogen and oxygen atoms in total. The maximum atomic E-state index is 5.27. The molecule has 3 heteroatoms. The van der Waals surface area contributed by atoms with Crippen molar-refractivity contribution in [3.05, 3.63) is 0 Å². The lowest BCUT2D eigenvalue weighted by Gasteiger charge is -2.28. The Morgan fingerprint density at radius 3 is 3.00 bits per heavy atom. The van der Waals surface area contributed by atoms with Gasteiger partial charge in [0.2, 0.25) is 0 Å². The molecule has 0 radical (unpaired) electrons. The minimum absolute atomic E-state index is 1.12. The van der Waals surface area contributed by atoms with Crippen molar-refractivity contribution in [2.24, 2.45) is 0 Å². The van der Waals surface area contributed by atoms with Gasteiger partial charge in [0, 0.05) is 18.8 Å². The van der Waals surface area contributed by atoms with Crippen LogP contribution in [0, 0.1) is 0 Å². The number of hydrogen-bond donors (Lipinski definition) is 0. The van der Waals surface area contributed by atoms with Gasteiger partial charge in [-0.1, -0.05) is 43.7 Å². The fraction of sp³-hybridized carbons (Fsp3) is 0.889. The van der Waals surface area contributed by atoms with Gasteiger partial charge in [-0.05, 0) is 12.8 Å². The molecule has 1 aliphatic heterocycles. The molecule has 0 amide bonds. The van der Waals surface area contributed by atoms with Crippen LogP contribution in [0.2, 0.25) is 0 Å². The van der Waals surface area contributed by atoms with Crippen LogP contribution in [0.4, 0.5) is 0 Å². The third-order valence-electron chi connectivity index (χ3n) is 2.09. The van der Waals surface area contributed by atoms with Gasteiger partial charge >= 0.3 is 0 Å². The second-order valence-corrected chi connectivity index (χ2v) is 4.89. The van der Waals surface area contributed by atoms with Crippen molar-refractivity contribution in [1.82, 2.24) is 4.90 Å². The first kappa shape index (κ1) is 10.3. The lowest BCUT2D eigenvalue weighted by atomic mass is 10.2. The van der Waals surface area contributed by atoms with Gasteiger partial charge in [0.05, 0.1) is 0 Å². The van der Waals surface area contributed by atoms with Gasteiger partial charge in [0.15, 0.2) is 0 Å². The molecule has 70 valence electrons. The van der Waals surface area contributed by atoms with Gasteiger partial charge in [0.25, 0.3) is 0 Å². The molecule has 1 rings (SSSR count). The normalized spacial score (nSPS) is 18.4. The summed E-state index contributed by atoms with van der Waals surface area (Å²) in [4.78, 5) is 2.36. The molecule has 1 heterocycles.